The van der Waals surface area contributed by atoms with Crippen LogP contribution < -0.4 is 5.56 Å². The molecule has 1 saturated carbocycles. The van der Waals surface area contributed by atoms with Crippen LogP contribution in [0.2, 0.25) is 0 Å². The van der Waals surface area contributed by atoms with Gasteiger partial charge >= 0.3 is 5.97 Å². The van der Waals surface area contributed by atoms with Crippen LogP contribution in [0.1, 0.15) is 64.8 Å². The van der Waals surface area contributed by atoms with E-state index in [0.717, 1.165) is 5.69 Å². The lowest BCUT2D eigenvalue weighted by Crippen LogP contribution is -2.16. The second kappa shape index (κ2) is 8.62. The lowest BCUT2D eigenvalue weighted by Gasteiger charge is -2.18. The molecule has 1 aliphatic rings. The van der Waals surface area contributed by atoms with Crippen molar-refractivity contribution >= 4 is 40.1 Å². The number of carbonyl (C=O) groups is 1. The van der Waals surface area contributed by atoms with Crippen LogP contribution in [0.3, 0.4) is 0 Å². The summed E-state index contributed by atoms with van der Waals surface area (Å²) in [6.45, 7) is 1.75. The Hall–Kier alpha value is -2.26. The van der Waals surface area contributed by atoms with E-state index in [0.29, 0.717) is 22.5 Å². The number of rotatable bonds is 5. The largest absolute Gasteiger partial charge is 0.465 e. The molecule has 1 aliphatic carbocycles. The Bertz CT molecular complexity index is 1100. The predicted octanol–water partition coefficient (Wildman–Crippen LogP) is 4.21. The number of methoxy groups -OCH3 is 1. The third-order valence-corrected chi connectivity index (χ3v) is 7.03. The fourth-order valence-electron chi connectivity index (χ4n) is 3.65. The van der Waals surface area contributed by atoms with Gasteiger partial charge in [-0.1, -0.05) is 31.0 Å². The quantitative estimate of drug-likeness (QED) is 0.368. The topological polar surface area (TPSA) is 97.8 Å². The first-order chi connectivity index (χ1) is 14.0. The van der Waals surface area contributed by atoms with E-state index in [4.69, 9.17) is 9.72 Å². The third kappa shape index (κ3) is 4.35. The first kappa shape index (κ1) is 20.0. The molecule has 7 nitrogen and oxygen atoms in total. The molecule has 3 aromatic heterocycles. The van der Waals surface area contributed by atoms with E-state index in [2.05, 4.69) is 20.3 Å². The third-order valence-electron chi connectivity index (χ3n) is 5.07. The van der Waals surface area contributed by atoms with Crippen LogP contribution >= 0.6 is 23.1 Å². The van der Waals surface area contributed by atoms with Crippen LogP contribution in [0.4, 0.5) is 0 Å². The summed E-state index contributed by atoms with van der Waals surface area (Å²) >= 11 is 3.14. The number of aromatic amines is 1. The Morgan fingerprint density at radius 1 is 1.28 bits per heavy atom. The van der Waals surface area contributed by atoms with Crippen molar-refractivity contribution in [2.24, 2.45) is 0 Å². The number of aryl methyl sites for hydroxylation is 1. The molecular weight excluding hydrogens is 408 g/mol. The lowest BCUT2D eigenvalue weighted by molar-refractivity contribution is 0.0602. The number of esters is 1. The zero-order valence-electron chi connectivity index (χ0n) is 16.4. The zero-order valence-corrected chi connectivity index (χ0v) is 18.0. The summed E-state index contributed by atoms with van der Waals surface area (Å²) in [6.07, 6.45) is 6.37. The Morgan fingerprint density at radius 3 is 2.83 bits per heavy atom. The van der Waals surface area contributed by atoms with Gasteiger partial charge in [0.1, 0.15) is 0 Å². The second-order valence-electron chi connectivity index (χ2n) is 7.17. The van der Waals surface area contributed by atoms with E-state index in [1.165, 1.54) is 56.0 Å². The number of aromatic nitrogens is 4. The van der Waals surface area contributed by atoms with Gasteiger partial charge < -0.3 is 9.72 Å². The first-order valence-corrected chi connectivity index (χ1v) is 11.5. The molecule has 4 rings (SSSR count). The monoisotopic (exact) mass is 430 g/mol. The normalized spacial score (nSPS) is 15.0. The van der Waals surface area contributed by atoms with E-state index in [1.54, 1.807) is 24.3 Å². The van der Waals surface area contributed by atoms with E-state index in [1.807, 2.05) is 0 Å². The van der Waals surface area contributed by atoms with Gasteiger partial charge in [0, 0.05) is 22.7 Å². The Balaban J connectivity index is 1.55. The van der Waals surface area contributed by atoms with Crippen molar-refractivity contribution < 1.29 is 9.53 Å². The molecule has 0 amide bonds. The Kier molecular flexibility index (Phi) is 5.96. The molecule has 152 valence electrons. The lowest BCUT2D eigenvalue weighted by atomic mass is 9.90. The molecule has 0 aliphatic heterocycles. The van der Waals surface area contributed by atoms with Crippen LogP contribution in [-0.2, 0) is 10.5 Å². The van der Waals surface area contributed by atoms with Crippen molar-refractivity contribution in [3.8, 4) is 0 Å². The minimum atomic E-state index is -0.578. The van der Waals surface area contributed by atoms with E-state index >= 15 is 0 Å². The number of nitrogens with one attached hydrogen (secondary N) is 1. The Labute approximate surface area is 176 Å². The fourth-order valence-corrected chi connectivity index (χ4v) is 5.50. The van der Waals surface area contributed by atoms with Crippen molar-refractivity contribution in [1.29, 1.82) is 0 Å². The maximum absolute atomic E-state index is 12.6. The average Bonchev–Trinajstić information content (AvgIpc) is 3.20. The van der Waals surface area contributed by atoms with Crippen LogP contribution in [0, 0.1) is 6.92 Å². The number of pyridine rings is 1. The van der Waals surface area contributed by atoms with Gasteiger partial charge in [0.25, 0.3) is 5.56 Å². The number of carbonyl (C=O) groups excluding carboxylic acids is 1. The number of thioether (sulfide) groups is 1. The van der Waals surface area contributed by atoms with E-state index < -0.39 is 11.5 Å². The van der Waals surface area contributed by atoms with Gasteiger partial charge in [-0.05, 0) is 25.8 Å². The molecule has 0 bridgehead atoms. The minimum Gasteiger partial charge on any atom is -0.465 e. The highest BCUT2D eigenvalue weighted by Gasteiger charge is 2.20. The summed E-state index contributed by atoms with van der Waals surface area (Å²) in [4.78, 5) is 41.0. The molecule has 0 atom stereocenters. The number of hydrogen-bond donors (Lipinski definition) is 1. The van der Waals surface area contributed by atoms with Crippen molar-refractivity contribution in [1.82, 2.24) is 19.9 Å². The Morgan fingerprint density at radius 2 is 2.07 bits per heavy atom. The van der Waals surface area contributed by atoms with Gasteiger partial charge in [-0.2, -0.15) is 0 Å². The molecule has 3 heterocycles. The standard InChI is InChI=1S/C20H22N4O3S2/c1-11-8-14(19(26)27-2)15-16(21-11)23-20(24-17(15)25)29-10-13-9-28-18(22-13)12-6-4-3-5-7-12/h8-9,12H,3-7,10H2,1-2H3,(H,21,23,24,25). The summed E-state index contributed by atoms with van der Waals surface area (Å²) in [5.41, 5.74) is 1.63. The summed E-state index contributed by atoms with van der Waals surface area (Å²) in [5.74, 6) is 0.633. The van der Waals surface area contributed by atoms with Crippen LogP contribution in [0.5, 0.6) is 0 Å². The molecule has 1 N–H and O–H groups in total. The zero-order chi connectivity index (χ0) is 20.4. The maximum atomic E-state index is 12.6. The van der Waals surface area contributed by atoms with Crippen LogP contribution in [-0.4, -0.2) is 33.0 Å². The summed E-state index contributed by atoms with van der Waals surface area (Å²) in [6, 6.07) is 1.54. The predicted molar refractivity (Wildman–Crippen MR) is 114 cm³/mol. The van der Waals surface area contributed by atoms with E-state index in [9.17, 15) is 9.59 Å². The molecule has 1 fully saturated rings. The molecule has 9 heteroatoms. The number of nitrogens with zero attached hydrogens (tertiary/aromatic N) is 3. The highest BCUT2D eigenvalue weighted by atomic mass is 32.2. The number of hydrogen-bond acceptors (Lipinski definition) is 8. The summed E-state index contributed by atoms with van der Waals surface area (Å²) in [7, 11) is 1.28. The summed E-state index contributed by atoms with van der Waals surface area (Å²) < 4.78 is 4.78. The molecule has 0 radical (unpaired) electrons. The minimum absolute atomic E-state index is 0.153. The van der Waals surface area contributed by atoms with Crippen molar-refractivity contribution in [2.45, 2.75) is 55.9 Å². The fraction of sp³-hybridized carbons (Fsp3) is 0.450. The number of fused-ring (bicyclic) bond motifs is 1. The molecule has 0 spiro atoms. The molecule has 0 aromatic carbocycles. The molecule has 29 heavy (non-hydrogen) atoms. The smallest absolute Gasteiger partial charge is 0.338 e. The SMILES string of the molecule is COC(=O)c1cc(C)nc2nc(SCc3csc(C4CCCCC4)n3)[nH]c(=O)c12. The van der Waals surface area contributed by atoms with Crippen molar-refractivity contribution in [3.63, 3.8) is 0 Å². The highest BCUT2D eigenvalue weighted by Crippen LogP contribution is 2.35. The van der Waals surface area contributed by atoms with Gasteiger partial charge in [0.05, 0.1) is 28.8 Å². The highest BCUT2D eigenvalue weighted by molar-refractivity contribution is 7.98. The van der Waals surface area contributed by atoms with Gasteiger partial charge in [-0.25, -0.2) is 19.7 Å². The number of ether oxygens (including phenoxy) is 1. The van der Waals surface area contributed by atoms with Gasteiger partial charge in [0.2, 0.25) is 0 Å². The van der Waals surface area contributed by atoms with Gasteiger partial charge in [-0.15, -0.1) is 11.3 Å². The second-order valence-corrected chi connectivity index (χ2v) is 9.03. The molecule has 0 saturated heterocycles. The maximum Gasteiger partial charge on any atom is 0.338 e. The molecule has 0 unspecified atom stereocenters. The van der Waals surface area contributed by atoms with Crippen LogP contribution in [0.15, 0.2) is 21.4 Å². The molecule has 3 aromatic rings. The van der Waals surface area contributed by atoms with Crippen LogP contribution in [0.25, 0.3) is 11.0 Å². The average molecular weight is 431 g/mol. The summed E-state index contributed by atoms with van der Waals surface area (Å²) in [5, 5.41) is 3.93. The van der Waals surface area contributed by atoms with Crippen molar-refractivity contribution in [3.05, 3.63) is 43.8 Å². The van der Waals surface area contributed by atoms with Gasteiger partial charge in [0.15, 0.2) is 10.8 Å². The number of H-pyrrole nitrogens is 1. The molecular formula is C20H22N4O3S2. The van der Waals surface area contributed by atoms with Gasteiger partial charge in [-0.3, -0.25) is 4.79 Å². The van der Waals surface area contributed by atoms with Crippen molar-refractivity contribution in [2.75, 3.05) is 7.11 Å². The first-order valence-electron chi connectivity index (χ1n) is 9.62. The number of thiazole rings is 1. The van der Waals surface area contributed by atoms with E-state index in [-0.39, 0.29) is 16.6 Å².